The van der Waals surface area contributed by atoms with Crippen molar-refractivity contribution in [1.29, 1.82) is 0 Å². The molecule has 2 fully saturated rings. The van der Waals surface area contributed by atoms with E-state index in [2.05, 4.69) is 64.8 Å². The molecule has 2 bridgehead atoms. The Hall–Kier alpha value is -2.49. The molecule has 3 heteroatoms. The lowest BCUT2D eigenvalue weighted by molar-refractivity contribution is -0.0483. The van der Waals surface area contributed by atoms with Gasteiger partial charge in [-0.05, 0) is 34.4 Å². The molecule has 0 aromatic heterocycles. The summed E-state index contributed by atoms with van der Waals surface area (Å²) in [5, 5.41) is 3.54. The molecule has 1 unspecified atom stereocenters. The number of nitrogens with zero attached hydrogens (tertiary/aromatic N) is 1. The lowest BCUT2D eigenvalue weighted by atomic mass is 9.72. The van der Waals surface area contributed by atoms with Gasteiger partial charge in [-0.15, -0.1) is 0 Å². The molecule has 2 saturated heterocycles. The molecule has 1 N–H and O–H groups in total. The normalized spacial score (nSPS) is 24.4. The van der Waals surface area contributed by atoms with Gasteiger partial charge in [0.15, 0.2) is 0 Å². The van der Waals surface area contributed by atoms with E-state index in [4.69, 9.17) is 0 Å². The van der Waals surface area contributed by atoms with Gasteiger partial charge in [-0.3, -0.25) is 4.90 Å². The third-order valence-corrected chi connectivity index (χ3v) is 6.07. The van der Waals surface area contributed by atoms with Crippen LogP contribution < -0.4 is 5.32 Å². The van der Waals surface area contributed by atoms with Crippen LogP contribution in [0, 0.1) is 5.82 Å². The molecule has 0 spiro atoms. The highest BCUT2D eigenvalue weighted by atomic mass is 19.1. The Kier molecular flexibility index (Phi) is 4.27. The van der Waals surface area contributed by atoms with Gasteiger partial charge in [-0.1, -0.05) is 66.7 Å². The lowest BCUT2D eigenvalue weighted by Gasteiger charge is -2.59. The molecule has 2 aliphatic rings. The number of benzene rings is 3. The van der Waals surface area contributed by atoms with Gasteiger partial charge >= 0.3 is 0 Å². The zero-order chi connectivity index (χ0) is 18.2. The van der Waals surface area contributed by atoms with E-state index < -0.39 is 0 Å². The molecule has 0 radical (unpaired) electrons. The van der Waals surface area contributed by atoms with Crippen LogP contribution in [0.15, 0.2) is 78.9 Å². The van der Waals surface area contributed by atoms with Crippen LogP contribution in [0.1, 0.15) is 17.0 Å². The first-order chi connectivity index (χ1) is 13.3. The van der Waals surface area contributed by atoms with E-state index in [1.54, 1.807) is 12.1 Å². The number of hydrogen-bond acceptors (Lipinski definition) is 2. The third-order valence-electron chi connectivity index (χ3n) is 6.07. The molecule has 3 atom stereocenters. The molecule has 0 amide bonds. The quantitative estimate of drug-likeness (QED) is 0.742. The monoisotopic (exact) mass is 358 g/mol. The van der Waals surface area contributed by atoms with Crippen molar-refractivity contribution in [3.63, 3.8) is 0 Å². The summed E-state index contributed by atoms with van der Waals surface area (Å²) in [6.07, 6.45) is 0. The fourth-order valence-corrected chi connectivity index (χ4v) is 4.69. The largest absolute Gasteiger partial charge is 0.314 e. The van der Waals surface area contributed by atoms with Crippen LogP contribution in [0.25, 0.3) is 11.1 Å². The highest BCUT2D eigenvalue weighted by molar-refractivity contribution is 5.63. The van der Waals surface area contributed by atoms with Crippen LogP contribution in [0.3, 0.4) is 0 Å². The molecule has 3 aromatic carbocycles. The topological polar surface area (TPSA) is 15.3 Å². The second kappa shape index (κ2) is 6.91. The molecule has 2 heterocycles. The maximum Gasteiger partial charge on any atom is 0.123 e. The molecule has 0 aliphatic carbocycles. The zero-order valence-electron chi connectivity index (χ0n) is 15.2. The SMILES string of the molecule is Fc1ccc(CN2[C@@H]3CNC[C@H]2C3c2ccc(-c3ccccc3)cc2)cc1. The number of piperidine rings is 1. The summed E-state index contributed by atoms with van der Waals surface area (Å²) in [7, 11) is 0. The van der Waals surface area contributed by atoms with Crippen LogP contribution in [-0.4, -0.2) is 30.1 Å². The first kappa shape index (κ1) is 16.7. The van der Waals surface area contributed by atoms with E-state index >= 15 is 0 Å². The number of rotatable bonds is 4. The zero-order valence-corrected chi connectivity index (χ0v) is 15.2. The van der Waals surface area contributed by atoms with Gasteiger partial charge in [0.05, 0.1) is 0 Å². The smallest absolute Gasteiger partial charge is 0.123 e. The maximum absolute atomic E-state index is 13.2. The Morgan fingerprint density at radius 1 is 0.778 bits per heavy atom. The summed E-state index contributed by atoms with van der Waals surface area (Å²) >= 11 is 0. The molecule has 3 aromatic rings. The van der Waals surface area contributed by atoms with E-state index in [9.17, 15) is 4.39 Å². The van der Waals surface area contributed by atoms with Gasteiger partial charge in [0, 0.05) is 37.6 Å². The van der Waals surface area contributed by atoms with Crippen LogP contribution in [0.4, 0.5) is 4.39 Å². The van der Waals surface area contributed by atoms with Gasteiger partial charge < -0.3 is 5.32 Å². The summed E-state index contributed by atoms with van der Waals surface area (Å²) in [4.78, 5) is 2.57. The van der Waals surface area contributed by atoms with Crippen LogP contribution >= 0.6 is 0 Å². The van der Waals surface area contributed by atoms with E-state index in [1.165, 1.54) is 22.3 Å². The second-order valence-corrected chi connectivity index (χ2v) is 7.61. The van der Waals surface area contributed by atoms with Crippen molar-refractivity contribution in [3.05, 3.63) is 95.8 Å². The Morgan fingerprint density at radius 2 is 1.41 bits per heavy atom. The standard InChI is InChI=1S/C24H23FN2/c25-21-12-6-17(7-13-21)16-27-22-14-26-15-23(27)24(22)20-10-8-19(9-11-20)18-4-2-1-3-5-18/h1-13,22-24,26H,14-16H2/t22-,23+,24?. The van der Waals surface area contributed by atoms with E-state index in [0.29, 0.717) is 18.0 Å². The Labute approximate surface area is 159 Å². The Balaban J connectivity index is 1.33. The number of hydrogen-bond donors (Lipinski definition) is 1. The third kappa shape index (κ3) is 3.07. The van der Waals surface area contributed by atoms with Gasteiger partial charge in [0.2, 0.25) is 0 Å². The predicted octanol–water partition coefficient (Wildman–Crippen LogP) is 4.43. The summed E-state index contributed by atoms with van der Waals surface area (Å²) < 4.78 is 13.2. The fraction of sp³-hybridized carbons (Fsp3) is 0.250. The Morgan fingerprint density at radius 3 is 2.07 bits per heavy atom. The molecular weight excluding hydrogens is 335 g/mol. The van der Waals surface area contributed by atoms with Crippen LogP contribution in [0.5, 0.6) is 0 Å². The van der Waals surface area contributed by atoms with E-state index in [1.807, 2.05) is 12.1 Å². The predicted molar refractivity (Wildman–Crippen MR) is 107 cm³/mol. The molecular formula is C24H23FN2. The number of nitrogens with one attached hydrogen (secondary N) is 1. The van der Waals surface area contributed by atoms with Crippen molar-refractivity contribution in [2.45, 2.75) is 24.5 Å². The minimum atomic E-state index is -0.166. The van der Waals surface area contributed by atoms with Crippen molar-refractivity contribution in [2.75, 3.05) is 13.1 Å². The first-order valence-corrected chi connectivity index (χ1v) is 9.66. The molecule has 5 rings (SSSR count). The average Bonchev–Trinajstić information content (AvgIpc) is 2.74. The summed E-state index contributed by atoms with van der Waals surface area (Å²) in [6, 6.07) is 27.6. The van der Waals surface area contributed by atoms with Crippen molar-refractivity contribution < 1.29 is 4.39 Å². The van der Waals surface area contributed by atoms with Crippen molar-refractivity contribution in [3.8, 4) is 11.1 Å². The molecule has 0 saturated carbocycles. The van der Waals surface area contributed by atoms with E-state index in [0.717, 1.165) is 19.6 Å². The number of piperazine rings is 1. The number of fused-ring (bicyclic) bond motifs is 2. The molecule has 136 valence electrons. The fourth-order valence-electron chi connectivity index (χ4n) is 4.69. The van der Waals surface area contributed by atoms with Crippen LogP contribution in [0.2, 0.25) is 0 Å². The highest BCUT2D eigenvalue weighted by Crippen LogP contribution is 2.43. The van der Waals surface area contributed by atoms with Gasteiger partial charge in [-0.25, -0.2) is 4.39 Å². The summed E-state index contributed by atoms with van der Waals surface area (Å²) in [5.41, 5.74) is 5.15. The van der Waals surface area contributed by atoms with Crippen LogP contribution in [-0.2, 0) is 6.54 Å². The minimum absolute atomic E-state index is 0.166. The number of halogens is 1. The average molecular weight is 358 g/mol. The van der Waals surface area contributed by atoms with Gasteiger partial charge in [0.1, 0.15) is 5.82 Å². The first-order valence-electron chi connectivity index (χ1n) is 9.66. The maximum atomic E-state index is 13.2. The highest BCUT2D eigenvalue weighted by Gasteiger charge is 2.50. The van der Waals surface area contributed by atoms with Crippen molar-refractivity contribution >= 4 is 0 Å². The van der Waals surface area contributed by atoms with Gasteiger partial charge in [-0.2, -0.15) is 0 Å². The Bertz CT molecular complexity index is 893. The van der Waals surface area contributed by atoms with E-state index in [-0.39, 0.29) is 5.82 Å². The van der Waals surface area contributed by atoms with Crippen molar-refractivity contribution in [1.82, 2.24) is 10.2 Å². The van der Waals surface area contributed by atoms with Crippen molar-refractivity contribution in [2.24, 2.45) is 0 Å². The lowest BCUT2D eigenvalue weighted by Crippen LogP contribution is -2.72. The summed E-state index contributed by atoms with van der Waals surface area (Å²) in [6.45, 7) is 2.93. The summed E-state index contributed by atoms with van der Waals surface area (Å²) in [5.74, 6) is 0.414. The molecule has 2 nitrogen and oxygen atoms in total. The second-order valence-electron chi connectivity index (χ2n) is 7.61. The molecule has 2 aliphatic heterocycles. The molecule has 27 heavy (non-hydrogen) atoms. The minimum Gasteiger partial charge on any atom is -0.314 e. The van der Waals surface area contributed by atoms with Gasteiger partial charge in [0.25, 0.3) is 0 Å².